The molecule has 0 spiro atoms. The van der Waals surface area contributed by atoms with Crippen LogP contribution in [0.5, 0.6) is 0 Å². The first-order chi connectivity index (χ1) is 7.97. The van der Waals surface area contributed by atoms with Crippen LogP contribution < -0.4 is 16.4 Å². The zero-order valence-corrected chi connectivity index (χ0v) is 9.72. The molecular formula is C8H12F2N4O2S. The first kappa shape index (κ1) is 13.6. The Kier molecular flexibility index (Phi) is 4.58. The summed E-state index contributed by atoms with van der Waals surface area (Å²) in [5, 5.41) is 14.0. The second-order valence-corrected chi connectivity index (χ2v) is 3.91. The van der Waals surface area contributed by atoms with Crippen LogP contribution in [-0.4, -0.2) is 41.5 Å². The van der Waals surface area contributed by atoms with Gasteiger partial charge in [0.1, 0.15) is 16.7 Å². The first-order valence-electron chi connectivity index (χ1n) is 4.64. The number of nitrogen functional groups attached to an aromatic ring is 1. The molecule has 96 valence electrons. The number of aromatic nitrogens is 1. The lowest BCUT2D eigenvalue weighted by atomic mass is 10.3. The van der Waals surface area contributed by atoms with Gasteiger partial charge in [0.05, 0.1) is 0 Å². The highest BCUT2D eigenvalue weighted by molar-refractivity contribution is 7.11. The van der Waals surface area contributed by atoms with Gasteiger partial charge in [0.25, 0.3) is 12.3 Å². The molecule has 0 saturated heterocycles. The van der Waals surface area contributed by atoms with Crippen LogP contribution in [0.3, 0.4) is 0 Å². The molecule has 0 aliphatic rings. The summed E-state index contributed by atoms with van der Waals surface area (Å²) in [7, 11) is 1.41. The van der Waals surface area contributed by atoms with Crippen LogP contribution in [-0.2, 0) is 0 Å². The maximum absolute atomic E-state index is 12.1. The molecule has 0 aromatic carbocycles. The third-order valence-electron chi connectivity index (χ3n) is 1.94. The molecule has 1 aromatic rings. The van der Waals surface area contributed by atoms with Crippen LogP contribution in [0, 0.1) is 0 Å². The Balaban J connectivity index is 2.75. The fraction of sp³-hybridized carbons (Fsp3) is 0.500. The number of aliphatic hydroxyl groups excluding tert-OH is 1. The van der Waals surface area contributed by atoms with Crippen molar-refractivity contribution in [3.63, 3.8) is 0 Å². The minimum Gasteiger partial charge on any atom is -0.385 e. The summed E-state index contributed by atoms with van der Waals surface area (Å²) in [5.74, 6) is -0.450. The van der Waals surface area contributed by atoms with E-state index in [0.717, 1.165) is 11.5 Å². The predicted octanol–water partition coefficient (Wildman–Crippen LogP) is 0.123. The Morgan fingerprint density at radius 3 is 2.82 bits per heavy atom. The van der Waals surface area contributed by atoms with Crippen molar-refractivity contribution < 1.29 is 18.7 Å². The van der Waals surface area contributed by atoms with E-state index in [2.05, 4.69) is 15.0 Å². The van der Waals surface area contributed by atoms with Gasteiger partial charge in [-0.05, 0) is 11.5 Å². The van der Waals surface area contributed by atoms with Crippen LogP contribution in [0.25, 0.3) is 0 Å². The van der Waals surface area contributed by atoms with E-state index in [1.165, 1.54) is 7.05 Å². The SMILES string of the molecule is CNC(=O)c1c(N)nsc1NCC(O)C(F)F. The highest BCUT2D eigenvalue weighted by atomic mass is 32.1. The molecule has 0 aliphatic carbocycles. The van der Waals surface area contributed by atoms with Gasteiger partial charge in [0.15, 0.2) is 5.82 Å². The zero-order valence-electron chi connectivity index (χ0n) is 8.91. The molecule has 0 aliphatic heterocycles. The molecule has 5 N–H and O–H groups in total. The number of rotatable bonds is 5. The van der Waals surface area contributed by atoms with Gasteiger partial charge in [-0.25, -0.2) is 8.78 Å². The monoisotopic (exact) mass is 266 g/mol. The second-order valence-electron chi connectivity index (χ2n) is 3.13. The number of amides is 1. The van der Waals surface area contributed by atoms with E-state index in [1.54, 1.807) is 0 Å². The average Bonchev–Trinajstić information content (AvgIpc) is 2.66. The molecule has 1 aromatic heterocycles. The largest absolute Gasteiger partial charge is 0.385 e. The topological polar surface area (TPSA) is 100 Å². The van der Waals surface area contributed by atoms with E-state index in [1.807, 2.05) is 0 Å². The minimum absolute atomic E-state index is 0.0170. The van der Waals surface area contributed by atoms with Gasteiger partial charge in [-0.15, -0.1) is 0 Å². The summed E-state index contributed by atoms with van der Waals surface area (Å²) in [4.78, 5) is 11.4. The normalized spacial score (nSPS) is 12.5. The van der Waals surface area contributed by atoms with E-state index in [9.17, 15) is 13.6 Å². The van der Waals surface area contributed by atoms with E-state index >= 15 is 0 Å². The molecule has 0 bridgehead atoms. The van der Waals surface area contributed by atoms with E-state index in [-0.39, 0.29) is 22.9 Å². The molecule has 9 heteroatoms. The number of alkyl halides is 2. The molecule has 1 atom stereocenters. The lowest BCUT2D eigenvalue weighted by Crippen LogP contribution is -2.27. The third kappa shape index (κ3) is 3.24. The maximum atomic E-state index is 12.1. The van der Waals surface area contributed by atoms with Gasteiger partial charge < -0.3 is 21.5 Å². The molecule has 0 radical (unpaired) electrons. The summed E-state index contributed by atoms with van der Waals surface area (Å²) < 4.78 is 27.8. The number of carbonyl (C=O) groups excluding carboxylic acids is 1. The van der Waals surface area contributed by atoms with Gasteiger partial charge in [-0.2, -0.15) is 4.37 Å². The molecule has 1 rings (SSSR count). The Morgan fingerprint density at radius 2 is 2.29 bits per heavy atom. The quantitative estimate of drug-likeness (QED) is 0.606. The minimum atomic E-state index is -2.85. The van der Waals surface area contributed by atoms with Crippen LogP contribution >= 0.6 is 11.5 Å². The van der Waals surface area contributed by atoms with Gasteiger partial charge >= 0.3 is 0 Å². The van der Waals surface area contributed by atoms with Crippen LogP contribution in [0.15, 0.2) is 0 Å². The lowest BCUT2D eigenvalue weighted by molar-refractivity contribution is 0.00387. The molecule has 0 fully saturated rings. The van der Waals surface area contributed by atoms with Crippen LogP contribution in [0.1, 0.15) is 10.4 Å². The van der Waals surface area contributed by atoms with Crippen LogP contribution in [0.2, 0.25) is 0 Å². The highest BCUT2D eigenvalue weighted by Crippen LogP contribution is 2.26. The van der Waals surface area contributed by atoms with E-state index < -0.39 is 18.4 Å². The fourth-order valence-corrected chi connectivity index (χ4v) is 1.77. The summed E-state index contributed by atoms with van der Waals surface area (Å²) >= 11 is 0.871. The summed E-state index contributed by atoms with van der Waals surface area (Å²) in [6.45, 7) is -0.386. The summed E-state index contributed by atoms with van der Waals surface area (Å²) in [5.41, 5.74) is 5.57. The fourth-order valence-electron chi connectivity index (χ4n) is 1.05. The Labute approximate surface area is 100.0 Å². The number of nitrogens with two attached hydrogens (primary N) is 1. The van der Waals surface area contributed by atoms with Crippen molar-refractivity contribution >= 4 is 28.3 Å². The highest BCUT2D eigenvalue weighted by Gasteiger charge is 2.21. The summed E-state index contributed by atoms with van der Waals surface area (Å²) in [6, 6.07) is 0. The molecule has 1 unspecified atom stereocenters. The van der Waals surface area contributed by atoms with Crippen LogP contribution in [0.4, 0.5) is 19.6 Å². The average molecular weight is 266 g/mol. The maximum Gasteiger partial charge on any atom is 0.265 e. The van der Waals surface area contributed by atoms with Crippen molar-refractivity contribution in [1.29, 1.82) is 0 Å². The van der Waals surface area contributed by atoms with Crippen molar-refractivity contribution in [3.05, 3.63) is 5.56 Å². The Morgan fingerprint density at radius 1 is 1.65 bits per heavy atom. The predicted molar refractivity (Wildman–Crippen MR) is 60.4 cm³/mol. The lowest BCUT2D eigenvalue weighted by Gasteiger charge is -2.11. The molecular weight excluding hydrogens is 254 g/mol. The van der Waals surface area contributed by atoms with Gasteiger partial charge in [0, 0.05) is 13.6 Å². The number of anilines is 2. The van der Waals surface area contributed by atoms with Gasteiger partial charge in [-0.3, -0.25) is 4.79 Å². The number of carbonyl (C=O) groups is 1. The molecule has 1 heterocycles. The van der Waals surface area contributed by atoms with E-state index in [4.69, 9.17) is 10.8 Å². The second kappa shape index (κ2) is 5.73. The molecule has 6 nitrogen and oxygen atoms in total. The van der Waals surface area contributed by atoms with Crippen molar-refractivity contribution in [2.45, 2.75) is 12.5 Å². The van der Waals surface area contributed by atoms with Crippen molar-refractivity contribution in [1.82, 2.24) is 9.69 Å². The van der Waals surface area contributed by atoms with Gasteiger partial charge in [-0.1, -0.05) is 0 Å². The number of hydrogen-bond acceptors (Lipinski definition) is 6. The number of nitrogens with one attached hydrogen (secondary N) is 2. The van der Waals surface area contributed by atoms with E-state index in [0.29, 0.717) is 0 Å². The molecule has 0 saturated carbocycles. The van der Waals surface area contributed by atoms with Crippen molar-refractivity contribution in [2.75, 3.05) is 24.6 Å². The third-order valence-corrected chi connectivity index (χ3v) is 2.75. The smallest absolute Gasteiger partial charge is 0.265 e. The Hall–Kier alpha value is -1.48. The number of halogens is 2. The molecule has 1 amide bonds. The summed E-state index contributed by atoms with van der Waals surface area (Å²) in [6.07, 6.45) is -4.66. The number of aliphatic hydroxyl groups is 1. The van der Waals surface area contributed by atoms with Crippen molar-refractivity contribution in [2.24, 2.45) is 0 Å². The molecule has 17 heavy (non-hydrogen) atoms. The Bertz CT molecular complexity index is 399. The number of nitrogens with zero attached hydrogens (tertiary/aromatic N) is 1. The van der Waals surface area contributed by atoms with Crippen molar-refractivity contribution in [3.8, 4) is 0 Å². The van der Waals surface area contributed by atoms with Gasteiger partial charge in [0.2, 0.25) is 0 Å². The first-order valence-corrected chi connectivity index (χ1v) is 5.42. The number of hydrogen-bond donors (Lipinski definition) is 4. The zero-order chi connectivity index (χ0) is 13.0. The standard InChI is InChI=1S/C8H12F2N4O2S/c1-12-7(16)4-6(11)14-17-8(4)13-2-3(15)5(9)10/h3,5,13,15H,2H2,1H3,(H2,11,14)(H,12,16).